The van der Waals surface area contributed by atoms with Gasteiger partial charge in [0.1, 0.15) is 6.07 Å². The van der Waals surface area contributed by atoms with E-state index >= 15 is 0 Å². The Labute approximate surface area is 138 Å². The van der Waals surface area contributed by atoms with Crippen LogP contribution in [0.5, 0.6) is 0 Å². The number of rotatable bonds is 3. The van der Waals surface area contributed by atoms with Gasteiger partial charge in [-0.3, -0.25) is 4.79 Å². The summed E-state index contributed by atoms with van der Waals surface area (Å²) in [5.41, 5.74) is 1.70. The van der Waals surface area contributed by atoms with Crippen LogP contribution in [-0.2, 0) is 4.79 Å². The van der Waals surface area contributed by atoms with Gasteiger partial charge in [0.15, 0.2) is 0 Å². The molecule has 1 aromatic rings. The van der Waals surface area contributed by atoms with Gasteiger partial charge < -0.3 is 9.80 Å². The SMILES string of the molecule is N#Cc1ccccc1N1CCCN(C(=O)C[C@@H]2C=CCC2)CC1. The molecule has 1 atom stereocenters. The predicted octanol–water partition coefficient (Wildman–Crippen LogP) is 2.95. The fourth-order valence-corrected chi connectivity index (χ4v) is 3.47. The van der Waals surface area contributed by atoms with E-state index in [2.05, 4.69) is 23.1 Å². The minimum absolute atomic E-state index is 0.275. The molecule has 0 bridgehead atoms. The van der Waals surface area contributed by atoms with Crippen LogP contribution in [0, 0.1) is 17.2 Å². The highest BCUT2D eigenvalue weighted by Gasteiger charge is 2.23. The lowest BCUT2D eigenvalue weighted by Crippen LogP contribution is -2.36. The third-order valence-corrected chi connectivity index (χ3v) is 4.76. The molecule has 0 aromatic heterocycles. The summed E-state index contributed by atoms with van der Waals surface area (Å²) in [5, 5.41) is 9.27. The van der Waals surface area contributed by atoms with Crippen LogP contribution in [0.15, 0.2) is 36.4 Å². The molecule has 0 spiro atoms. The lowest BCUT2D eigenvalue weighted by atomic mass is 10.0. The molecule has 1 aromatic carbocycles. The van der Waals surface area contributed by atoms with Crippen LogP contribution < -0.4 is 4.90 Å². The Morgan fingerprint density at radius 1 is 1.22 bits per heavy atom. The molecule has 1 saturated heterocycles. The van der Waals surface area contributed by atoms with Crippen LogP contribution in [0.1, 0.15) is 31.2 Å². The smallest absolute Gasteiger partial charge is 0.223 e. The van der Waals surface area contributed by atoms with Gasteiger partial charge in [0, 0.05) is 32.6 Å². The highest BCUT2D eigenvalue weighted by molar-refractivity contribution is 5.77. The summed E-state index contributed by atoms with van der Waals surface area (Å²) >= 11 is 0. The van der Waals surface area contributed by atoms with Crippen LogP contribution in [0.3, 0.4) is 0 Å². The molecule has 0 unspecified atom stereocenters. The van der Waals surface area contributed by atoms with Gasteiger partial charge >= 0.3 is 0 Å². The summed E-state index contributed by atoms with van der Waals surface area (Å²) in [5.74, 6) is 0.707. The van der Waals surface area contributed by atoms with Gasteiger partial charge in [-0.1, -0.05) is 24.3 Å². The summed E-state index contributed by atoms with van der Waals surface area (Å²) in [4.78, 5) is 16.7. The van der Waals surface area contributed by atoms with Gasteiger partial charge in [0.2, 0.25) is 5.91 Å². The molecule has 0 saturated carbocycles. The standard InChI is InChI=1S/C19H23N3O/c20-15-17-8-3-4-9-18(17)21-10-5-11-22(13-12-21)19(23)14-16-6-1-2-7-16/h1,3-4,6,8-9,16H,2,5,7,10-14H2/t16-/m1/s1. The lowest BCUT2D eigenvalue weighted by molar-refractivity contribution is -0.131. The van der Waals surface area contributed by atoms with E-state index in [1.165, 1.54) is 0 Å². The van der Waals surface area contributed by atoms with Gasteiger partial charge in [-0.15, -0.1) is 0 Å². The fraction of sp³-hybridized carbons (Fsp3) is 0.474. The van der Waals surface area contributed by atoms with Crippen molar-refractivity contribution in [1.29, 1.82) is 5.26 Å². The molecule has 4 heteroatoms. The Bertz CT molecular complexity index is 632. The first-order valence-electron chi connectivity index (χ1n) is 8.46. The molecule has 1 heterocycles. The van der Waals surface area contributed by atoms with E-state index in [0.717, 1.165) is 51.1 Å². The van der Waals surface area contributed by atoms with Crippen LogP contribution >= 0.6 is 0 Å². The third-order valence-electron chi connectivity index (χ3n) is 4.76. The highest BCUT2D eigenvalue weighted by atomic mass is 16.2. The quantitative estimate of drug-likeness (QED) is 0.807. The average Bonchev–Trinajstić information content (AvgIpc) is 2.96. The lowest BCUT2D eigenvalue weighted by Gasteiger charge is -2.25. The number of anilines is 1. The maximum Gasteiger partial charge on any atom is 0.223 e. The average molecular weight is 309 g/mol. The monoisotopic (exact) mass is 309 g/mol. The Kier molecular flexibility index (Phi) is 4.97. The number of hydrogen-bond acceptors (Lipinski definition) is 3. The van der Waals surface area contributed by atoms with Crippen molar-refractivity contribution in [1.82, 2.24) is 4.90 Å². The molecule has 3 rings (SSSR count). The zero-order valence-corrected chi connectivity index (χ0v) is 13.4. The Morgan fingerprint density at radius 3 is 2.87 bits per heavy atom. The molecule has 1 aliphatic heterocycles. The van der Waals surface area contributed by atoms with Crippen molar-refractivity contribution in [2.75, 3.05) is 31.1 Å². The van der Waals surface area contributed by atoms with Crippen molar-refractivity contribution in [3.8, 4) is 6.07 Å². The zero-order valence-electron chi connectivity index (χ0n) is 13.4. The Balaban J connectivity index is 1.62. The van der Waals surface area contributed by atoms with Gasteiger partial charge in [-0.25, -0.2) is 0 Å². The maximum atomic E-state index is 12.5. The fourth-order valence-electron chi connectivity index (χ4n) is 3.47. The van der Waals surface area contributed by atoms with Crippen molar-refractivity contribution < 1.29 is 4.79 Å². The van der Waals surface area contributed by atoms with Gasteiger partial charge in [-0.05, 0) is 37.3 Å². The normalized spacial score (nSPS) is 21.1. The van der Waals surface area contributed by atoms with E-state index in [9.17, 15) is 10.1 Å². The maximum absolute atomic E-state index is 12.5. The summed E-state index contributed by atoms with van der Waals surface area (Å²) in [6, 6.07) is 9.98. The molecule has 1 fully saturated rings. The predicted molar refractivity (Wildman–Crippen MR) is 91.0 cm³/mol. The molecule has 1 amide bonds. The minimum atomic E-state index is 0.275. The zero-order chi connectivity index (χ0) is 16.1. The molecule has 1 aliphatic carbocycles. The number of allylic oxidation sites excluding steroid dienone is 2. The van der Waals surface area contributed by atoms with E-state index in [1.807, 2.05) is 29.2 Å². The topological polar surface area (TPSA) is 47.3 Å². The van der Waals surface area contributed by atoms with Crippen molar-refractivity contribution in [2.45, 2.75) is 25.7 Å². The molecule has 0 N–H and O–H groups in total. The van der Waals surface area contributed by atoms with Crippen molar-refractivity contribution in [2.24, 2.45) is 5.92 Å². The molecule has 2 aliphatic rings. The molecular formula is C19H23N3O. The number of para-hydroxylation sites is 1. The van der Waals surface area contributed by atoms with E-state index in [0.29, 0.717) is 17.9 Å². The molecule has 4 nitrogen and oxygen atoms in total. The Morgan fingerprint density at radius 2 is 2.09 bits per heavy atom. The van der Waals surface area contributed by atoms with E-state index in [-0.39, 0.29) is 5.91 Å². The number of carbonyl (C=O) groups excluding carboxylic acids is 1. The van der Waals surface area contributed by atoms with Gasteiger partial charge in [0.05, 0.1) is 11.3 Å². The van der Waals surface area contributed by atoms with E-state index in [1.54, 1.807) is 0 Å². The molecule has 0 radical (unpaired) electrons. The Hall–Kier alpha value is -2.28. The second kappa shape index (κ2) is 7.32. The van der Waals surface area contributed by atoms with Crippen LogP contribution in [0.25, 0.3) is 0 Å². The first-order chi connectivity index (χ1) is 11.3. The van der Waals surface area contributed by atoms with Crippen LogP contribution in [0.2, 0.25) is 0 Å². The van der Waals surface area contributed by atoms with Crippen molar-refractivity contribution in [3.63, 3.8) is 0 Å². The second-order valence-corrected chi connectivity index (χ2v) is 6.32. The largest absolute Gasteiger partial charge is 0.369 e. The first kappa shape index (κ1) is 15.6. The summed E-state index contributed by atoms with van der Waals surface area (Å²) in [7, 11) is 0. The minimum Gasteiger partial charge on any atom is -0.369 e. The first-order valence-corrected chi connectivity index (χ1v) is 8.46. The summed E-state index contributed by atoms with van der Waals surface area (Å²) < 4.78 is 0. The van der Waals surface area contributed by atoms with Crippen LogP contribution in [-0.4, -0.2) is 37.0 Å². The second-order valence-electron chi connectivity index (χ2n) is 6.32. The van der Waals surface area contributed by atoms with Crippen molar-refractivity contribution in [3.05, 3.63) is 42.0 Å². The number of benzene rings is 1. The number of hydrogen-bond donors (Lipinski definition) is 0. The number of amides is 1. The summed E-state index contributed by atoms with van der Waals surface area (Å²) in [6.07, 6.45) is 8.18. The van der Waals surface area contributed by atoms with Gasteiger partial charge in [0.25, 0.3) is 0 Å². The number of nitrogens with zero attached hydrogens (tertiary/aromatic N) is 3. The van der Waals surface area contributed by atoms with Crippen molar-refractivity contribution >= 4 is 11.6 Å². The third kappa shape index (κ3) is 3.73. The molecule has 120 valence electrons. The van der Waals surface area contributed by atoms with E-state index in [4.69, 9.17) is 0 Å². The number of nitriles is 1. The summed E-state index contributed by atoms with van der Waals surface area (Å²) in [6.45, 7) is 3.26. The molecular weight excluding hydrogens is 286 g/mol. The van der Waals surface area contributed by atoms with Gasteiger partial charge in [-0.2, -0.15) is 5.26 Å². The van der Waals surface area contributed by atoms with Crippen LogP contribution in [0.4, 0.5) is 5.69 Å². The van der Waals surface area contributed by atoms with E-state index < -0.39 is 0 Å². The molecule has 23 heavy (non-hydrogen) atoms. The highest BCUT2D eigenvalue weighted by Crippen LogP contribution is 2.23. The number of carbonyl (C=O) groups is 1.